The Labute approximate surface area is 113 Å². The van der Waals surface area contributed by atoms with E-state index in [1.54, 1.807) is 0 Å². The van der Waals surface area contributed by atoms with Gasteiger partial charge < -0.3 is 9.47 Å². The number of nitrogens with zero attached hydrogens (tertiary/aromatic N) is 2. The van der Waals surface area contributed by atoms with Gasteiger partial charge in [-0.05, 0) is 18.1 Å². The third-order valence-corrected chi connectivity index (χ3v) is 3.40. The predicted molar refractivity (Wildman–Crippen MR) is 66.7 cm³/mol. The first-order valence-electron chi connectivity index (χ1n) is 6.31. The molecule has 1 fully saturated rings. The number of hydrogen-bond acceptors (Lipinski definition) is 3. The first kappa shape index (κ1) is 14.8. The molecule has 20 heavy (non-hydrogen) atoms. The van der Waals surface area contributed by atoms with Crippen LogP contribution in [-0.4, -0.2) is 35.4 Å². The molecule has 0 aliphatic carbocycles. The van der Waals surface area contributed by atoms with E-state index in [0.29, 0.717) is 17.0 Å². The first-order chi connectivity index (χ1) is 9.32. The van der Waals surface area contributed by atoms with Crippen LogP contribution < -0.4 is 5.56 Å². The number of carbonyl (C=O) groups excluding carboxylic acids is 1. The molecule has 0 radical (unpaired) electrons. The van der Waals surface area contributed by atoms with Gasteiger partial charge in [0, 0.05) is 26.2 Å². The van der Waals surface area contributed by atoms with Gasteiger partial charge in [-0.2, -0.15) is 13.2 Å². The SMILES string of the molecule is CC1CN(CCn2c(C(F)(F)F)ccc(C=O)c2=O)C1. The molecule has 2 heterocycles. The molecule has 0 spiro atoms. The first-order valence-corrected chi connectivity index (χ1v) is 6.31. The smallest absolute Gasteiger partial charge is 0.303 e. The Bertz CT molecular complexity index is 560. The van der Waals surface area contributed by atoms with E-state index in [1.165, 1.54) is 0 Å². The van der Waals surface area contributed by atoms with Gasteiger partial charge in [0.1, 0.15) is 5.69 Å². The fourth-order valence-corrected chi connectivity index (χ4v) is 2.41. The molecule has 0 saturated carbocycles. The van der Waals surface area contributed by atoms with E-state index in [4.69, 9.17) is 0 Å². The lowest BCUT2D eigenvalue weighted by Crippen LogP contribution is -2.47. The molecule has 1 aromatic rings. The lowest BCUT2D eigenvalue weighted by Gasteiger charge is -2.37. The average molecular weight is 288 g/mol. The maximum absolute atomic E-state index is 12.9. The monoisotopic (exact) mass is 288 g/mol. The zero-order valence-corrected chi connectivity index (χ0v) is 11.0. The summed E-state index contributed by atoms with van der Waals surface area (Å²) in [5, 5.41) is 0. The molecule has 0 bridgehead atoms. The Balaban J connectivity index is 2.27. The molecule has 1 aromatic heterocycles. The highest BCUT2D eigenvalue weighted by atomic mass is 19.4. The van der Waals surface area contributed by atoms with Crippen molar-refractivity contribution in [2.45, 2.75) is 19.6 Å². The topological polar surface area (TPSA) is 42.3 Å². The highest BCUT2D eigenvalue weighted by molar-refractivity contribution is 5.73. The lowest BCUT2D eigenvalue weighted by atomic mass is 10.0. The van der Waals surface area contributed by atoms with Crippen LogP contribution in [0.2, 0.25) is 0 Å². The minimum atomic E-state index is -4.61. The largest absolute Gasteiger partial charge is 0.431 e. The van der Waals surface area contributed by atoms with E-state index >= 15 is 0 Å². The summed E-state index contributed by atoms with van der Waals surface area (Å²) in [6.45, 7) is 4.00. The number of carbonyl (C=O) groups is 1. The Hall–Kier alpha value is -1.63. The van der Waals surface area contributed by atoms with Gasteiger partial charge in [0.15, 0.2) is 6.29 Å². The number of alkyl halides is 3. The number of pyridine rings is 1. The molecular weight excluding hydrogens is 273 g/mol. The Kier molecular flexibility index (Phi) is 3.99. The minimum absolute atomic E-state index is 0.0674. The molecule has 1 saturated heterocycles. The van der Waals surface area contributed by atoms with Crippen LogP contribution in [0.4, 0.5) is 13.2 Å². The molecule has 0 unspecified atom stereocenters. The van der Waals surface area contributed by atoms with Crippen LogP contribution in [-0.2, 0) is 12.7 Å². The summed E-state index contributed by atoms with van der Waals surface area (Å²) in [5.74, 6) is 0.537. The molecule has 0 atom stereocenters. The van der Waals surface area contributed by atoms with Gasteiger partial charge in [0.25, 0.3) is 5.56 Å². The zero-order valence-electron chi connectivity index (χ0n) is 11.0. The van der Waals surface area contributed by atoms with Crippen LogP contribution in [0, 0.1) is 5.92 Å². The zero-order chi connectivity index (χ0) is 14.9. The lowest BCUT2D eigenvalue weighted by molar-refractivity contribution is -0.144. The van der Waals surface area contributed by atoms with Gasteiger partial charge in [0.2, 0.25) is 0 Å². The van der Waals surface area contributed by atoms with Crippen LogP contribution >= 0.6 is 0 Å². The van der Waals surface area contributed by atoms with Crippen molar-refractivity contribution in [3.8, 4) is 0 Å². The molecule has 0 amide bonds. The number of rotatable bonds is 4. The van der Waals surface area contributed by atoms with E-state index in [0.717, 1.165) is 25.2 Å². The van der Waals surface area contributed by atoms with Crippen molar-refractivity contribution in [1.29, 1.82) is 0 Å². The Morgan fingerprint density at radius 3 is 2.45 bits per heavy atom. The van der Waals surface area contributed by atoms with Crippen molar-refractivity contribution in [2.75, 3.05) is 19.6 Å². The van der Waals surface area contributed by atoms with E-state index in [9.17, 15) is 22.8 Å². The predicted octanol–water partition coefficient (Wildman–Crippen LogP) is 1.63. The number of aromatic nitrogens is 1. The quantitative estimate of drug-likeness (QED) is 0.791. The second-order valence-electron chi connectivity index (χ2n) is 5.11. The molecule has 0 aromatic carbocycles. The molecule has 110 valence electrons. The van der Waals surface area contributed by atoms with Crippen molar-refractivity contribution < 1.29 is 18.0 Å². The van der Waals surface area contributed by atoms with Crippen LogP contribution in [0.25, 0.3) is 0 Å². The van der Waals surface area contributed by atoms with E-state index in [2.05, 4.69) is 6.92 Å². The maximum atomic E-state index is 12.9. The van der Waals surface area contributed by atoms with Gasteiger partial charge in [0.05, 0.1) is 5.56 Å². The van der Waals surface area contributed by atoms with Crippen LogP contribution in [0.5, 0.6) is 0 Å². The average Bonchev–Trinajstić information content (AvgIpc) is 2.32. The summed E-state index contributed by atoms with van der Waals surface area (Å²) >= 11 is 0. The van der Waals surface area contributed by atoms with Crippen molar-refractivity contribution in [1.82, 2.24) is 9.47 Å². The van der Waals surface area contributed by atoms with E-state index < -0.39 is 17.4 Å². The fourth-order valence-electron chi connectivity index (χ4n) is 2.41. The van der Waals surface area contributed by atoms with Gasteiger partial charge in [-0.25, -0.2) is 0 Å². The Morgan fingerprint density at radius 2 is 1.95 bits per heavy atom. The third-order valence-electron chi connectivity index (χ3n) is 3.40. The molecular formula is C13H15F3N2O2. The van der Waals surface area contributed by atoms with Gasteiger partial charge in [-0.3, -0.25) is 9.59 Å². The van der Waals surface area contributed by atoms with Crippen molar-refractivity contribution in [3.63, 3.8) is 0 Å². The molecule has 2 rings (SSSR count). The summed E-state index contributed by atoms with van der Waals surface area (Å²) < 4.78 is 39.3. The number of aldehydes is 1. The summed E-state index contributed by atoms with van der Waals surface area (Å²) in [4.78, 5) is 24.5. The summed E-state index contributed by atoms with van der Waals surface area (Å²) in [5.41, 5.74) is -2.15. The summed E-state index contributed by atoms with van der Waals surface area (Å²) in [6.07, 6.45) is -4.33. The van der Waals surface area contributed by atoms with E-state index in [-0.39, 0.29) is 18.4 Å². The number of hydrogen-bond donors (Lipinski definition) is 0. The highest BCUT2D eigenvalue weighted by Gasteiger charge is 2.35. The van der Waals surface area contributed by atoms with Crippen molar-refractivity contribution in [2.24, 2.45) is 5.92 Å². The minimum Gasteiger partial charge on any atom is -0.303 e. The molecule has 7 heteroatoms. The Morgan fingerprint density at radius 1 is 1.30 bits per heavy atom. The highest BCUT2D eigenvalue weighted by Crippen LogP contribution is 2.28. The van der Waals surface area contributed by atoms with Crippen LogP contribution in [0.3, 0.4) is 0 Å². The summed E-state index contributed by atoms with van der Waals surface area (Å²) in [7, 11) is 0. The molecule has 1 aliphatic heterocycles. The van der Waals surface area contributed by atoms with Crippen molar-refractivity contribution in [3.05, 3.63) is 33.7 Å². The third kappa shape index (κ3) is 2.92. The maximum Gasteiger partial charge on any atom is 0.431 e. The van der Waals surface area contributed by atoms with Crippen molar-refractivity contribution >= 4 is 6.29 Å². The second kappa shape index (κ2) is 5.40. The standard InChI is InChI=1S/C13H15F3N2O2/c1-9-6-17(7-9)4-5-18-11(13(14,15)16)3-2-10(8-19)12(18)20/h2-3,8-9H,4-7H2,1H3. The van der Waals surface area contributed by atoms with Gasteiger partial charge in [-0.1, -0.05) is 6.92 Å². The van der Waals surface area contributed by atoms with Crippen LogP contribution in [0.1, 0.15) is 23.0 Å². The van der Waals surface area contributed by atoms with Gasteiger partial charge >= 0.3 is 6.18 Å². The normalized spacial score (nSPS) is 17.0. The molecule has 1 aliphatic rings. The number of halogens is 3. The number of likely N-dealkylation sites (tertiary alicyclic amines) is 1. The molecule has 4 nitrogen and oxygen atoms in total. The summed E-state index contributed by atoms with van der Waals surface area (Å²) in [6, 6.07) is 1.70. The van der Waals surface area contributed by atoms with Gasteiger partial charge in [-0.15, -0.1) is 0 Å². The second-order valence-corrected chi connectivity index (χ2v) is 5.11. The fraction of sp³-hybridized carbons (Fsp3) is 0.538. The molecule has 0 N–H and O–H groups in total. The van der Waals surface area contributed by atoms with Crippen LogP contribution in [0.15, 0.2) is 16.9 Å². The van der Waals surface area contributed by atoms with E-state index in [1.807, 2.05) is 4.90 Å².